The summed E-state index contributed by atoms with van der Waals surface area (Å²) in [6.45, 7) is 0. The molecule has 20 heavy (non-hydrogen) atoms. The fraction of sp³-hybridized carbons (Fsp3) is 0.692. The van der Waals surface area contributed by atoms with Gasteiger partial charge in [0, 0.05) is 18.8 Å². The number of aliphatic carboxylic acids is 1. The monoisotopic (exact) mass is 279 g/mol. The topological polar surface area (TPSA) is 101 Å². The Labute approximate surface area is 113 Å². The minimum absolute atomic E-state index is 0.161. The lowest BCUT2D eigenvalue weighted by Gasteiger charge is -2.34. The molecule has 2 saturated heterocycles. The van der Waals surface area contributed by atoms with Crippen LogP contribution in [0, 0.1) is 23.7 Å². The van der Waals surface area contributed by atoms with Gasteiger partial charge in [-0.1, -0.05) is 0 Å². The molecule has 0 aromatic rings. The summed E-state index contributed by atoms with van der Waals surface area (Å²) in [5.41, 5.74) is 0. The molecule has 4 rings (SSSR count). The van der Waals surface area contributed by atoms with Crippen LogP contribution < -0.4 is 0 Å². The molecule has 1 N–H and O–H groups in total. The summed E-state index contributed by atoms with van der Waals surface area (Å²) in [4.78, 5) is 48.3. The SMILES string of the molecule is O=C(O)[C@@H]1[C@H]2C[C@@H]3[C@H](OC(=O)[C@@H]31)[C@H]2N1C(=O)CCC1=O. The van der Waals surface area contributed by atoms with Gasteiger partial charge < -0.3 is 9.84 Å². The highest BCUT2D eigenvalue weighted by Crippen LogP contribution is 2.59. The number of carboxylic acids is 1. The van der Waals surface area contributed by atoms with Gasteiger partial charge in [-0.05, 0) is 12.3 Å². The number of ether oxygens (including phenoxy) is 1. The number of carbonyl (C=O) groups is 4. The highest BCUT2D eigenvalue weighted by atomic mass is 16.6. The fourth-order valence-corrected chi connectivity index (χ4v) is 4.62. The number of nitrogens with zero attached hydrogens (tertiary/aromatic N) is 1. The smallest absolute Gasteiger partial charge is 0.310 e. The van der Waals surface area contributed by atoms with E-state index in [1.54, 1.807) is 0 Å². The molecule has 2 saturated carbocycles. The van der Waals surface area contributed by atoms with E-state index >= 15 is 0 Å². The van der Waals surface area contributed by atoms with Gasteiger partial charge in [-0.25, -0.2) is 0 Å². The van der Waals surface area contributed by atoms with Crippen LogP contribution in [0.15, 0.2) is 0 Å². The third-order valence-electron chi connectivity index (χ3n) is 5.25. The van der Waals surface area contributed by atoms with E-state index in [0.717, 1.165) is 0 Å². The Morgan fingerprint density at radius 1 is 1.15 bits per heavy atom. The number of hydrogen-bond donors (Lipinski definition) is 1. The number of fused-ring (bicyclic) bond motifs is 1. The van der Waals surface area contributed by atoms with Crippen molar-refractivity contribution in [3.8, 4) is 0 Å². The first kappa shape index (κ1) is 11.9. The molecule has 2 heterocycles. The second kappa shape index (κ2) is 3.59. The van der Waals surface area contributed by atoms with Crippen molar-refractivity contribution in [2.75, 3.05) is 0 Å². The maximum absolute atomic E-state index is 11.9. The third kappa shape index (κ3) is 1.21. The van der Waals surface area contributed by atoms with E-state index in [0.29, 0.717) is 6.42 Å². The van der Waals surface area contributed by atoms with Gasteiger partial charge in [0.05, 0.1) is 17.9 Å². The van der Waals surface area contributed by atoms with Crippen LogP contribution in [-0.2, 0) is 23.9 Å². The van der Waals surface area contributed by atoms with Crippen molar-refractivity contribution in [1.29, 1.82) is 0 Å². The molecular weight excluding hydrogens is 266 g/mol. The van der Waals surface area contributed by atoms with Gasteiger partial charge in [-0.15, -0.1) is 0 Å². The quantitative estimate of drug-likeness (QED) is 0.535. The molecule has 4 fully saturated rings. The van der Waals surface area contributed by atoms with E-state index in [4.69, 9.17) is 4.74 Å². The van der Waals surface area contributed by atoms with Gasteiger partial charge in [0.1, 0.15) is 6.10 Å². The Balaban J connectivity index is 1.76. The Morgan fingerprint density at radius 2 is 1.80 bits per heavy atom. The molecule has 4 aliphatic rings. The number of likely N-dealkylation sites (tertiary alicyclic amines) is 1. The fourth-order valence-electron chi connectivity index (χ4n) is 4.62. The summed E-state index contributed by atoms with van der Waals surface area (Å²) in [5.74, 6) is -4.05. The van der Waals surface area contributed by atoms with E-state index in [1.807, 2.05) is 0 Å². The molecule has 2 bridgehead atoms. The van der Waals surface area contributed by atoms with Crippen molar-refractivity contribution in [2.24, 2.45) is 23.7 Å². The lowest BCUT2D eigenvalue weighted by molar-refractivity contribution is -0.152. The zero-order chi connectivity index (χ0) is 14.2. The van der Waals surface area contributed by atoms with Crippen LogP contribution in [0.2, 0.25) is 0 Å². The second-order valence-corrected chi connectivity index (χ2v) is 6.00. The Kier molecular flexibility index (Phi) is 2.13. The van der Waals surface area contributed by atoms with Crippen LogP contribution in [0.1, 0.15) is 19.3 Å². The maximum atomic E-state index is 11.9. The van der Waals surface area contributed by atoms with Crippen molar-refractivity contribution >= 4 is 23.8 Å². The number of amides is 2. The normalized spacial score (nSPS) is 45.4. The van der Waals surface area contributed by atoms with Crippen LogP contribution in [0.4, 0.5) is 0 Å². The average Bonchev–Trinajstić information content (AvgIpc) is 3.05. The van der Waals surface area contributed by atoms with Crippen LogP contribution in [-0.4, -0.2) is 45.9 Å². The zero-order valence-corrected chi connectivity index (χ0v) is 10.5. The molecule has 6 atom stereocenters. The first-order valence-corrected chi connectivity index (χ1v) is 6.79. The molecule has 0 aromatic heterocycles. The van der Waals surface area contributed by atoms with E-state index in [-0.39, 0.29) is 36.5 Å². The predicted octanol–water partition coefficient (Wildman–Crippen LogP) is -0.604. The summed E-state index contributed by atoms with van der Waals surface area (Å²) in [7, 11) is 0. The second-order valence-electron chi connectivity index (χ2n) is 6.00. The summed E-state index contributed by atoms with van der Waals surface area (Å²) < 4.78 is 5.29. The molecule has 106 valence electrons. The van der Waals surface area contributed by atoms with Gasteiger partial charge in [-0.3, -0.25) is 24.1 Å². The molecule has 2 aliphatic carbocycles. The minimum atomic E-state index is -1.04. The summed E-state index contributed by atoms with van der Waals surface area (Å²) in [6, 6.07) is -0.578. The maximum Gasteiger partial charge on any atom is 0.310 e. The van der Waals surface area contributed by atoms with Gasteiger partial charge in [0.2, 0.25) is 11.8 Å². The van der Waals surface area contributed by atoms with E-state index in [2.05, 4.69) is 0 Å². The number of esters is 1. The number of carboxylic acid groups (broad SMARTS) is 1. The number of imide groups is 1. The number of rotatable bonds is 2. The lowest BCUT2D eigenvalue weighted by atomic mass is 9.77. The first-order valence-electron chi connectivity index (χ1n) is 6.79. The van der Waals surface area contributed by atoms with Gasteiger partial charge in [0.15, 0.2) is 0 Å². The largest absolute Gasteiger partial charge is 0.481 e. The molecule has 2 amide bonds. The molecule has 0 spiro atoms. The lowest BCUT2D eigenvalue weighted by Crippen LogP contribution is -2.52. The van der Waals surface area contributed by atoms with Crippen LogP contribution >= 0.6 is 0 Å². The Morgan fingerprint density at radius 3 is 2.40 bits per heavy atom. The summed E-state index contributed by atoms with van der Waals surface area (Å²) >= 11 is 0. The van der Waals surface area contributed by atoms with Gasteiger partial charge in [0.25, 0.3) is 0 Å². The molecule has 7 nitrogen and oxygen atoms in total. The van der Waals surface area contributed by atoms with Crippen LogP contribution in [0.25, 0.3) is 0 Å². The highest BCUT2D eigenvalue weighted by molar-refractivity contribution is 6.02. The summed E-state index contributed by atoms with van der Waals surface area (Å²) in [5, 5.41) is 9.37. The van der Waals surface area contributed by atoms with Crippen LogP contribution in [0.3, 0.4) is 0 Å². The molecule has 2 aliphatic heterocycles. The highest BCUT2D eigenvalue weighted by Gasteiger charge is 2.70. The van der Waals surface area contributed by atoms with Crippen molar-refractivity contribution in [3.05, 3.63) is 0 Å². The molecule has 0 unspecified atom stereocenters. The Bertz CT molecular complexity index is 541. The predicted molar refractivity (Wildman–Crippen MR) is 61.0 cm³/mol. The summed E-state index contributed by atoms with van der Waals surface area (Å²) in [6.07, 6.45) is 0.363. The van der Waals surface area contributed by atoms with Gasteiger partial charge in [-0.2, -0.15) is 0 Å². The first-order chi connectivity index (χ1) is 9.50. The van der Waals surface area contributed by atoms with Crippen molar-refractivity contribution in [1.82, 2.24) is 4.90 Å². The standard InChI is InChI=1S/C13H13NO6/c15-6-1-2-7(16)14(6)10-4-3-5-9(8(4)12(17)18)13(19)20-11(5)10/h4-5,8-11H,1-3H2,(H,17,18)/t4-,5+,8-,9+,10+,11+/m1/s1. The molecular formula is C13H13NO6. The third-order valence-corrected chi connectivity index (χ3v) is 5.25. The van der Waals surface area contributed by atoms with Crippen molar-refractivity contribution in [3.63, 3.8) is 0 Å². The molecule has 7 heteroatoms. The minimum Gasteiger partial charge on any atom is -0.481 e. The average molecular weight is 279 g/mol. The van der Waals surface area contributed by atoms with E-state index in [9.17, 15) is 24.3 Å². The van der Waals surface area contributed by atoms with E-state index in [1.165, 1.54) is 4.90 Å². The van der Waals surface area contributed by atoms with Crippen LogP contribution in [0.5, 0.6) is 0 Å². The van der Waals surface area contributed by atoms with E-state index < -0.39 is 35.9 Å². The van der Waals surface area contributed by atoms with Crippen molar-refractivity contribution < 1.29 is 29.0 Å². The molecule has 0 radical (unpaired) electrons. The van der Waals surface area contributed by atoms with Gasteiger partial charge >= 0.3 is 11.9 Å². The number of hydrogen-bond acceptors (Lipinski definition) is 5. The Hall–Kier alpha value is -1.92. The molecule has 0 aromatic carbocycles. The zero-order valence-electron chi connectivity index (χ0n) is 10.5. The number of carbonyl (C=O) groups excluding carboxylic acids is 3. The van der Waals surface area contributed by atoms with Crippen molar-refractivity contribution in [2.45, 2.75) is 31.4 Å².